The van der Waals surface area contributed by atoms with Gasteiger partial charge in [0.15, 0.2) is 0 Å². The van der Waals surface area contributed by atoms with Gasteiger partial charge < -0.3 is 5.32 Å². The molecule has 2 rings (SSSR count). The van der Waals surface area contributed by atoms with Crippen molar-refractivity contribution in [2.45, 2.75) is 12.8 Å². The van der Waals surface area contributed by atoms with Crippen molar-refractivity contribution in [1.82, 2.24) is 10.3 Å². The van der Waals surface area contributed by atoms with E-state index in [1.54, 1.807) is 0 Å². The number of allylic oxidation sites excluding steroid dienone is 1. The van der Waals surface area contributed by atoms with Crippen LogP contribution in [0.1, 0.15) is 18.5 Å². The average Bonchev–Trinajstić information content (AvgIpc) is 2.30. The van der Waals surface area contributed by atoms with Crippen molar-refractivity contribution in [3.05, 3.63) is 41.5 Å². The Morgan fingerprint density at radius 1 is 1.38 bits per heavy atom. The number of hydrogen-bond acceptors (Lipinski definition) is 2. The van der Waals surface area contributed by atoms with Crippen molar-refractivity contribution < 1.29 is 4.39 Å². The molecule has 0 aliphatic carbocycles. The molecule has 0 spiro atoms. The second kappa shape index (κ2) is 5.43. The van der Waals surface area contributed by atoms with Gasteiger partial charge in [0, 0.05) is 12.3 Å². The normalized spacial score (nSPS) is 15.2. The summed E-state index contributed by atoms with van der Waals surface area (Å²) in [5.74, 6) is 5.47. The highest BCUT2D eigenvalue weighted by Crippen LogP contribution is 2.08. The molecule has 3 heteroatoms. The molecule has 1 fully saturated rings. The van der Waals surface area contributed by atoms with Gasteiger partial charge in [0.25, 0.3) is 0 Å². The van der Waals surface area contributed by atoms with E-state index >= 15 is 0 Å². The minimum Gasteiger partial charge on any atom is -0.316 e. The van der Waals surface area contributed by atoms with Gasteiger partial charge >= 0.3 is 0 Å². The Labute approximate surface area is 94.6 Å². The molecule has 0 aromatic carbocycles. The third kappa shape index (κ3) is 3.18. The molecule has 1 aromatic rings. The van der Waals surface area contributed by atoms with Crippen LogP contribution >= 0.6 is 0 Å². The average molecular weight is 216 g/mol. The van der Waals surface area contributed by atoms with E-state index in [4.69, 9.17) is 0 Å². The minimum absolute atomic E-state index is 0.297. The van der Waals surface area contributed by atoms with Gasteiger partial charge in [-0.2, -0.15) is 0 Å². The van der Waals surface area contributed by atoms with Crippen LogP contribution in [0.15, 0.2) is 30.0 Å². The summed E-state index contributed by atoms with van der Waals surface area (Å²) >= 11 is 0. The molecule has 2 nitrogen and oxygen atoms in total. The first-order valence-electron chi connectivity index (χ1n) is 5.36. The van der Waals surface area contributed by atoms with Crippen LogP contribution in [-0.2, 0) is 0 Å². The fraction of sp³-hybridized carbons (Fsp3) is 0.308. The number of halogens is 1. The molecule has 1 N–H and O–H groups in total. The molecule has 1 aromatic heterocycles. The zero-order valence-electron chi connectivity index (χ0n) is 8.96. The van der Waals surface area contributed by atoms with Crippen molar-refractivity contribution in [3.8, 4) is 11.8 Å². The maximum absolute atomic E-state index is 12.8. The van der Waals surface area contributed by atoms with Gasteiger partial charge in [0.1, 0.15) is 11.5 Å². The molecule has 0 unspecified atom stereocenters. The standard InChI is InChI=1S/C13H13FN2/c14-12-6-9-16-13(10-12)3-1-2-11-4-7-15-8-5-11/h2,6,9-10,15H,4-5,7-8H2. The van der Waals surface area contributed by atoms with Crippen molar-refractivity contribution in [2.24, 2.45) is 0 Å². The van der Waals surface area contributed by atoms with Crippen LogP contribution < -0.4 is 5.32 Å². The number of pyridine rings is 1. The Bertz CT molecular complexity index is 446. The molecular formula is C13H13FN2. The van der Waals surface area contributed by atoms with Gasteiger partial charge in [-0.05, 0) is 44.0 Å². The van der Waals surface area contributed by atoms with Crippen LogP contribution in [0.5, 0.6) is 0 Å². The van der Waals surface area contributed by atoms with Gasteiger partial charge in [-0.3, -0.25) is 0 Å². The number of hydrogen-bond donors (Lipinski definition) is 1. The van der Waals surface area contributed by atoms with Crippen LogP contribution in [0.25, 0.3) is 0 Å². The number of nitrogens with zero attached hydrogens (tertiary/aromatic N) is 1. The SMILES string of the molecule is Fc1ccnc(C#CC=C2CCNCC2)c1. The molecule has 1 aliphatic heterocycles. The van der Waals surface area contributed by atoms with E-state index in [-0.39, 0.29) is 5.82 Å². The van der Waals surface area contributed by atoms with Crippen LogP contribution in [0.3, 0.4) is 0 Å². The van der Waals surface area contributed by atoms with E-state index in [9.17, 15) is 4.39 Å². The first kappa shape index (κ1) is 10.8. The molecule has 0 atom stereocenters. The Hall–Kier alpha value is -1.66. The van der Waals surface area contributed by atoms with E-state index in [2.05, 4.69) is 22.1 Å². The third-order valence-corrected chi connectivity index (χ3v) is 2.44. The highest BCUT2D eigenvalue weighted by molar-refractivity contribution is 5.33. The van der Waals surface area contributed by atoms with Crippen LogP contribution in [0.2, 0.25) is 0 Å². The number of piperidine rings is 1. The van der Waals surface area contributed by atoms with Gasteiger partial charge in [-0.15, -0.1) is 0 Å². The summed E-state index contributed by atoms with van der Waals surface area (Å²) in [6, 6.07) is 2.66. The van der Waals surface area contributed by atoms with E-state index < -0.39 is 0 Å². The molecule has 0 saturated carbocycles. The van der Waals surface area contributed by atoms with Crippen LogP contribution in [0, 0.1) is 17.7 Å². The number of aromatic nitrogens is 1. The smallest absolute Gasteiger partial charge is 0.127 e. The lowest BCUT2D eigenvalue weighted by molar-refractivity contribution is 0.610. The highest BCUT2D eigenvalue weighted by Gasteiger charge is 2.02. The zero-order valence-corrected chi connectivity index (χ0v) is 8.96. The predicted octanol–water partition coefficient (Wildman–Crippen LogP) is 1.88. The van der Waals surface area contributed by atoms with Crippen molar-refractivity contribution >= 4 is 0 Å². The maximum atomic E-state index is 12.8. The number of rotatable bonds is 0. The quantitative estimate of drug-likeness (QED) is 0.670. The van der Waals surface area contributed by atoms with Gasteiger partial charge in [-0.1, -0.05) is 11.5 Å². The summed E-state index contributed by atoms with van der Waals surface area (Å²) in [4.78, 5) is 3.97. The Kier molecular flexibility index (Phi) is 3.68. The van der Waals surface area contributed by atoms with Crippen molar-refractivity contribution in [3.63, 3.8) is 0 Å². The van der Waals surface area contributed by atoms with Gasteiger partial charge in [0.2, 0.25) is 0 Å². The molecule has 0 bridgehead atoms. The molecule has 16 heavy (non-hydrogen) atoms. The van der Waals surface area contributed by atoms with Crippen LogP contribution in [0.4, 0.5) is 4.39 Å². The minimum atomic E-state index is -0.297. The lowest BCUT2D eigenvalue weighted by Crippen LogP contribution is -2.22. The summed E-state index contributed by atoms with van der Waals surface area (Å²) < 4.78 is 12.8. The first-order chi connectivity index (χ1) is 7.84. The maximum Gasteiger partial charge on any atom is 0.127 e. The summed E-state index contributed by atoms with van der Waals surface area (Å²) in [7, 11) is 0. The highest BCUT2D eigenvalue weighted by atomic mass is 19.1. The largest absolute Gasteiger partial charge is 0.316 e. The molecular weight excluding hydrogens is 203 g/mol. The molecule has 2 heterocycles. The Balaban J connectivity index is 2.04. The summed E-state index contributed by atoms with van der Waals surface area (Å²) in [6.07, 6.45) is 5.45. The lowest BCUT2D eigenvalue weighted by Gasteiger charge is -2.13. The van der Waals surface area contributed by atoms with Crippen LogP contribution in [-0.4, -0.2) is 18.1 Å². The van der Waals surface area contributed by atoms with Crippen molar-refractivity contribution in [1.29, 1.82) is 0 Å². The summed E-state index contributed by atoms with van der Waals surface area (Å²) in [5.41, 5.74) is 1.83. The molecule has 1 aliphatic rings. The van der Waals surface area contributed by atoms with E-state index in [1.165, 1.54) is 23.9 Å². The summed E-state index contributed by atoms with van der Waals surface area (Å²) in [6.45, 7) is 2.04. The van der Waals surface area contributed by atoms with E-state index in [0.29, 0.717) is 5.69 Å². The zero-order chi connectivity index (χ0) is 11.2. The second-order valence-electron chi connectivity index (χ2n) is 3.68. The van der Waals surface area contributed by atoms with E-state index in [1.807, 2.05) is 6.08 Å². The van der Waals surface area contributed by atoms with Gasteiger partial charge in [-0.25, -0.2) is 9.37 Å². The molecule has 1 saturated heterocycles. The summed E-state index contributed by atoms with van der Waals surface area (Å²) in [5, 5.41) is 3.28. The fourth-order valence-corrected chi connectivity index (χ4v) is 1.58. The monoisotopic (exact) mass is 216 g/mol. The second-order valence-corrected chi connectivity index (χ2v) is 3.68. The topological polar surface area (TPSA) is 24.9 Å². The van der Waals surface area contributed by atoms with Crippen molar-refractivity contribution in [2.75, 3.05) is 13.1 Å². The predicted molar refractivity (Wildman–Crippen MR) is 61.3 cm³/mol. The Morgan fingerprint density at radius 3 is 2.94 bits per heavy atom. The first-order valence-corrected chi connectivity index (χ1v) is 5.36. The Morgan fingerprint density at radius 2 is 2.19 bits per heavy atom. The van der Waals surface area contributed by atoms with E-state index in [0.717, 1.165) is 25.9 Å². The molecule has 0 radical (unpaired) electrons. The number of nitrogens with one attached hydrogen (secondary N) is 1. The lowest BCUT2D eigenvalue weighted by atomic mass is 10.1. The third-order valence-electron chi connectivity index (χ3n) is 2.44. The molecule has 0 amide bonds. The molecule has 82 valence electrons. The van der Waals surface area contributed by atoms with Gasteiger partial charge in [0.05, 0.1) is 0 Å². The fourth-order valence-electron chi connectivity index (χ4n) is 1.58.